The van der Waals surface area contributed by atoms with Crippen LogP contribution >= 0.6 is 11.6 Å². The second-order valence-electron chi connectivity index (χ2n) is 16.3. The monoisotopic (exact) mass is 785 g/mol. The number of carbonyl (C=O) groups excluding carboxylic acids is 1. The normalized spacial score (nSPS) is 19.7. The number of hydrogen-bond acceptors (Lipinski definition) is 9. The molecule has 0 aliphatic carbocycles. The molecule has 298 valence electrons. The zero-order valence-electron chi connectivity index (χ0n) is 33.8. The zero-order valence-corrected chi connectivity index (χ0v) is 34.6. The van der Waals surface area contributed by atoms with Gasteiger partial charge in [0, 0.05) is 56.0 Å². The third-order valence-electron chi connectivity index (χ3n) is 11.5. The van der Waals surface area contributed by atoms with Crippen molar-refractivity contribution in [1.29, 1.82) is 0 Å². The minimum atomic E-state index is -1.35. The Hall–Kier alpha value is -4.72. The number of halogens is 2. The minimum Gasteiger partial charge on any atom is -0.368 e. The van der Waals surface area contributed by atoms with Gasteiger partial charge in [-0.3, -0.25) is 9.36 Å². The number of rotatable bonds is 9. The highest BCUT2D eigenvalue weighted by Crippen LogP contribution is 2.54. The Morgan fingerprint density at radius 2 is 1.79 bits per heavy atom. The Bertz CT molecular complexity index is 2290. The lowest BCUT2D eigenvalue weighted by Gasteiger charge is -2.56. The number of nitrogens with zero attached hydrogens (tertiary/aromatic N) is 8. The van der Waals surface area contributed by atoms with Gasteiger partial charge in [0.05, 0.1) is 56.3 Å². The molecule has 3 aliphatic rings. The number of carbonyl (C=O) groups is 1. The van der Waals surface area contributed by atoms with Crippen LogP contribution in [0.2, 0.25) is 5.02 Å². The predicted molar refractivity (Wildman–Crippen MR) is 221 cm³/mol. The average molecular weight is 786 g/mol. The number of H-pyrrole nitrogens is 1. The summed E-state index contributed by atoms with van der Waals surface area (Å²) >= 11 is 7.33. The number of nitrogens with one attached hydrogen (secondary N) is 1. The van der Waals surface area contributed by atoms with E-state index in [-0.39, 0.29) is 51.8 Å². The molecule has 0 saturated carbocycles. The second-order valence-corrected chi connectivity index (χ2v) is 16.7. The molecule has 12 nitrogen and oxygen atoms in total. The van der Waals surface area contributed by atoms with Gasteiger partial charge in [0.25, 0.3) is 0 Å². The SMILES string of the molecule is C=CC(=O)N1CC2CN(CCCN(C)C)C3=C(c4cc(Cl)c(-c5c(C)ccc6[nH]c(=O)n(C)c56)c(F)c4N(c4c(C(C)C)ncnc4C(C)C)C3O)N2CC1C. The standard InChI is InChI=1S/C42H53ClFN9O3/c1-11-30(54)51-20-26-19-50(16-12-15-48(8)9)40-37(52(26)18-25(51)7)27-17-28(43)32(31-24(6)13-14-29-38(31)49(10)42(56)47-29)33(44)36(27)53(41(40)55)39-34(22(2)3)45-21-46-35(39)23(4)5/h11,13-14,17,21-23,25-26,41,55H,1,12,15-16,18-20H2,2-10H3,(H,47,56). The minimum absolute atomic E-state index is 0.0972. The quantitative estimate of drug-likeness (QED) is 0.193. The molecule has 2 aromatic carbocycles. The van der Waals surface area contributed by atoms with Gasteiger partial charge in [0.1, 0.15) is 6.33 Å². The van der Waals surface area contributed by atoms with Gasteiger partial charge in [-0.1, -0.05) is 51.9 Å². The number of aliphatic hydroxyl groups is 1. The first-order valence-electron chi connectivity index (χ1n) is 19.4. The summed E-state index contributed by atoms with van der Waals surface area (Å²) in [6.45, 7) is 18.6. The Labute approximate surface area is 332 Å². The van der Waals surface area contributed by atoms with E-state index >= 15 is 4.39 Å². The number of hydrogen-bond donors (Lipinski definition) is 2. The number of benzene rings is 2. The fraction of sp³-hybridized carbons (Fsp3) is 0.476. The van der Waals surface area contributed by atoms with E-state index in [0.29, 0.717) is 76.8 Å². The molecule has 0 spiro atoms. The predicted octanol–water partition coefficient (Wildman–Crippen LogP) is 6.16. The summed E-state index contributed by atoms with van der Waals surface area (Å²) in [5.41, 5.74) is 6.00. The van der Waals surface area contributed by atoms with E-state index in [9.17, 15) is 14.7 Å². The average Bonchev–Trinajstić information content (AvgIpc) is 3.44. The van der Waals surface area contributed by atoms with Crippen molar-refractivity contribution < 1.29 is 14.3 Å². The molecule has 0 radical (unpaired) electrons. The number of piperazine rings is 1. The van der Waals surface area contributed by atoms with E-state index in [1.54, 1.807) is 18.3 Å². The molecule has 2 aromatic heterocycles. The van der Waals surface area contributed by atoms with Gasteiger partial charge in [-0.15, -0.1) is 0 Å². The van der Waals surface area contributed by atoms with E-state index in [2.05, 4.69) is 26.3 Å². The van der Waals surface area contributed by atoms with Crippen LogP contribution < -0.4 is 10.6 Å². The van der Waals surface area contributed by atoms with E-state index in [1.807, 2.05) is 78.7 Å². The fourth-order valence-electron chi connectivity index (χ4n) is 8.90. The lowest BCUT2D eigenvalue weighted by Crippen LogP contribution is -2.64. The molecular weight excluding hydrogens is 733 g/mol. The molecule has 3 atom stereocenters. The van der Waals surface area contributed by atoms with Crippen LogP contribution in [0.5, 0.6) is 0 Å². The molecule has 3 unspecified atom stereocenters. The van der Waals surface area contributed by atoms with Crippen LogP contribution in [0.3, 0.4) is 0 Å². The van der Waals surface area contributed by atoms with Gasteiger partial charge >= 0.3 is 5.69 Å². The van der Waals surface area contributed by atoms with Gasteiger partial charge in [-0.2, -0.15) is 0 Å². The number of anilines is 2. The summed E-state index contributed by atoms with van der Waals surface area (Å²) in [4.78, 5) is 48.5. The number of imidazole rings is 1. The maximum atomic E-state index is 18.5. The topological polar surface area (TPSA) is 117 Å². The van der Waals surface area contributed by atoms with Crippen molar-refractivity contribution in [3.8, 4) is 11.1 Å². The fourth-order valence-corrected chi connectivity index (χ4v) is 9.19. The first kappa shape index (κ1) is 39.5. The van der Waals surface area contributed by atoms with Crippen LogP contribution in [-0.2, 0) is 11.8 Å². The summed E-state index contributed by atoms with van der Waals surface area (Å²) in [6.07, 6.45) is 2.35. The number of fused-ring (bicyclic) bond motifs is 5. The van der Waals surface area contributed by atoms with E-state index < -0.39 is 12.0 Å². The number of aliphatic hydroxyl groups excluding tert-OH is 1. The molecule has 1 fully saturated rings. The first-order chi connectivity index (χ1) is 26.6. The molecule has 0 bridgehead atoms. The summed E-state index contributed by atoms with van der Waals surface area (Å²) in [5, 5.41) is 13.3. The summed E-state index contributed by atoms with van der Waals surface area (Å²) in [6, 6.07) is 5.11. The third kappa shape index (κ3) is 6.37. The third-order valence-corrected chi connectivity index (χ3v) is 11.8. The van der Waals surface area contributed by atoms with Crippen LogP contribution in [0.25, 0.3) is 27.9 Å². The summed E-state index contributed by atoms with van der Waals surface area (Å²) in [5.74, 6) is -0.967. The highest BCUT2D eigenvalue weighted by atomic mass is 35.5. The van der Waals surface area contributed by atoms with Crippen molar-refractivity contribution in [3.63, 3.8) is 0 Å². The van der Waals surface area contributed by atoms with E-state index in [0.717, 1.165) is 18.5 Å². The highest BCUT2D eigenvalue weighted by molar-refractivity contribution is 6.34. The number of aryl methyl sites for hydroxylation is 2. The van der Waals surface area contributed by atoms with Crippen molar-refractivity contribution in [3.05, 3.63) is 86.7 Å². The molecule has 2 N–H and O–H groups in total. The lowest BCUT2D eigenvalue weighted by atomic mass is 9.88. The van der Waals surface area contributed by atoms with Crippen molar-refractivity contribution in [2.45, 2.75) is 78.1 Å². The van der Waals surface area contributed by atoms with Crippen molar-refractivity contribution in [2.24, 2.45) is 7.05 Å². The zero-order chi connectivity index (χ0) is 40.5. The Morgan fingerprint density at radius 1 is 1.11 bits per heavy atom. The molecule has 7 rings (SSSR count). The number of aromatic nitrogens is 4. The molecular formula is C42H53ClFN9O3. The molecule has 1 saturated heterocycles. The van der Waals surface area contributed by atoms with Crippen LogP contribution in [0.4, 0.5) is 15.8 Å². The van der Waals surface area contributed by atoms with Crippen molar-refractivity contribution >= 4 is 45.6 Å². The number of amides is 1. The molecule has 1 amide bonds. The Balaban J connectivity index is 1.58. The molecule has 56 heavy (non-hydrogen) atoms. The summed E-state index contributed by atoms with van der Waals surface area (Å²) in [7, 11) is 5.71. The van der Waals surface area contributed by atoms with Crippen LogP contribution in [-0.4, -0.2) is 115 Å². The molecule has 5 heterocycles. The van der Waals surface area contributed by atoms with Gasteiger partial charge in [-0.25, -0.2) is 19.2 Å². The van der Waals surface area contributed by atoms with Gasteiger partial charge in [0.15, 0.2) is 12.0 Å². The Morgan fingerprint density at radius 3 is 2.41 bits per heavy atom. The maximum Gasteiger partial charge on any atom is 0.326 e. The lowest BCUT2D eigenvalue weighted by molar-refractivity contribution is -0.131. The molecule has 4 aromatic rings. The van der Waals surface area contributed by atoms with Crippen LogP contribution in [0.1, 0.15) is 75.4 Å². The highest BCUT2D eigenvalue weighted by Gasteiger charge is 2.49. The molecule has 3 aliphatic heterocycles. The summed E-state index contributed by atoms with van der Waals surface area (Å²) < 4.78 is 20.0. The van der Waals surface area contributed by atoms with Gasteiger partial charge in [0.2, 0.25) is 5.91 Å². The van der Waals surface area contributed by atoms with E-state index in [1.165, 1.54) is 10.6 Å². The maximum absolute atomic E-state index is 18.5. The number of aromatic amines is 1. The second kappa shape index (κ2) is 15.0. The van der Waals surface area contributed by atoms with E-state index in [4.69, 9.17) is 21.6 Å². The van der Waals surface area contributed by atoms with Crippen LogP contribution in [0.15, 0.2) is 47.7 Å². The Kier molecular flexibility index (Phi) is 10.6. The smallest absolute Gasteiger partial charge is 0.326 e. The van der Waals surface area contributed by atoms with Gasteiger partial charge in [-0.05, 0) is 76.5 Å². The molecule has 14 heteroatoms. The van der Waals surface area contributed by atoms with Crippen LogP contribution in [0, 0.1) is 12.7 Å². The van der Waals surface area contributed by atoms with Crippen molar-refractivity contribution in [1.82, 2.24) is 39.1 Å². The van der Waals surface area contributed by atoms with Crippen molar-refractivity contribution in [2.75, 3.05) is 51.7 Å². The first-order valence-corrected chi connectivity index (χ1v) is 19.8. The van der Waals surface area contributed by atoms with Gasteiger partial charge < -0.3 is 34.6 Å². The largest absolute Gasteiger partial charge is 0.368 e.